The zero-order valence-corrected chi connectivity index (χ0v) is 14.7. The second-order valence-electron chi connectivity index (χ2n) is 6.36. The van der Waals surface area contributed by atoms with Crippen LogP contribution in [0, 0.1) is 0 Å². The zero-order chi connectivity index (χ0) is 17.4. The summed E-state index contributed by atoms with van der Waals surface area (Å²) >= 11 is 0. The summed E-state index contributed by atoms with van der Waals surface area (Å²) in [6, 6.07) is 32.1. The molecule has 126 valence electrons. The number of hydrogen-bond acceptors (Lipinski definition) is 1. The highest BCUT2D eigenvalue weighted by Crippen LogP contribution is 2.36. The van der Waals surface area contributed by atoms with Gasteiger partial charge >= 0.3 is 0 Å². The van der Waals surface area contributed by atoms with Crippen molar-refractivity contribution in [3.8, 4) is 0 Å². The average molecular weight is 327 g/mol. The molecule has 0 aliphatic rings. The van der Waals surface area contributed by atoms with Crippen molar-refractivity contribution >= 4 is 6.08 Å². The van der Waals surface area contributed by atoms with Gasteiger partial charge in [0.05, 0.1) is 0 Å². The van der Waals surface area contributed by atoms with Crippen LogP contribution in [0.5, 0.6) is 0 Å². The zero-order valence-electron chi connectivity index (χ0n) is 14.7. The molecule has 1 heteroatoms. The quantitative estimate of drug-likeness (QED) is 0.621. The SMILES string of the molecule is CNCC(C/C=C\c1ccccc1)(c1ccccc1)c1ccccc1. The maximum Gasteiger partial charge on any atom is 0.0361 e. The van der Waals surface area contributed by atoms with Gasteiger partial charge in [0, 0.05) is 12.0 Å². The number of likely N-dealkylation sites (N-methyl/N-ethyl adjacent to an activating group) is 1. The third-order valence-electron chi connectivity index (χ3n) is 4.71. The van der Waals surface area contributed by atoms with E-state index < -0.39 is 0 Å². The minimum Gasteiger partial charge on any atom is -0.319 e. The van der Waals surface area contributed by atoms with Crippen LogP contribution in [-0.4, -0.2) is 13.6 Å². The first-order valence-electron chi connectivity index (χ1n) is 8.82. The largest absolute Gasteiger partial charge is 0.319 e. The van der Waals surface area contributed by atoms with Crippen LogP contribution in [0.25, 0.3) is 6.08 Å². The number of benzene rings is 3. The van der Waals surface area contributed by atoms with Gasteiger partial charge in [0.25, 0.3) is 0 Å². The van der Waals surface area contributed by atoms with Crippen molar-refractivity contribution in [1.29, 1.82) is 0 Å². The third kappa shape index (κ3) is 4.07. The van der Waals surface area contributed by atoms with Gasteiger partial charge in [-0.05, 0) is 30.2 Å². The maximum atomic E-state index is 3.42. The smallest absolute Gasteiger partial charge is 0.0361 e. The van der Waals surface area contributed by atoms with Crippen LogP contribution in [0.4, 0.5) is 0 Å². The van der Waals surface area contributed by atoms with Crippen LogP contribution in [0.3, 0.4) is 0 Å². The number of nitrogens with one attached hydrogen (secondary N) is 1. The van der Waals surface area contributed by atoms with Crippen molar-refractivity contribution in [3.05, 3.63) is 114 Å². The first-order valence-corrected chi connectivity index (χ1v) is 8.82. The van der Waals surface area contributed by atoms with Crippen molar-refractivity contribution in [2.75, 3.05) is 13.6 Å². The molecule has 0 fully saturated rings. The van der Waals surface area contributed by atoms with E-state index in [2.05, 4.69) is 108 Å². The Morgan fingerprint density at radius 3 is 1.68 bits per heavy atom. The molecule has 0 bridgehead atoms. The van der Waals surface area contributed by atoms with Gasteiger partial charge in [0.15, 0.2) is 0 Å². The Kier molecular flexibility index (Phi) is 5.81. The molecule has 3 aromatic carbocycles. The van der Waals surface area contributed by atoms with Crippen LogP contribution in [0.1, 0.15) is 23.1 Å². The summed E-state index contributed by atoms with van der Waals surface area (Å²) in [5, 5.41) is 3.42. The van der Waals surface area contributed by atoms with Gasteiger partial charge < -0.3 is 5.32 Å². The molecule has 0 atom stereocenters. The molecule has 3 rings (SSSR count). The summed E-state index contributed by atoms with van der Waals surface area (Å²) in [5.74, 6) is 0. The number of hydrogen-bond donors (Lipinski definition) is 1. The van der Waals surface area contributed by atoms with Gasteiger partial charge in [-0.3, -0.25) is 0 Å². The van der Waals surface area contributed by atoms with Crippen molar-refractivity contribution in [3.63, 3.8) is 0 Å². The fourth-order valence-corrected chi connectivity index (χ4v) is 3.46. The molecule has 0 spiro atoms. The van der Waals surface area contributed by atoms with E-state index in [9.17, 15) is 0 Å². The predicted octanol–water partition coefficient (Wildman–Crippen LogP) is 5.30. The lowest BCUT2D eigenvalue weighted by molar-refractivity contribution is 0.491. The molecule has 1 nitrogen and oxygen atoms in total. The van der Waals surface area contributed by atoms with E-state index in [0.717, 1.165) is 13.0 Å². The van der Waals surface area contributed by atoms with Gasteiger partial charge in [-0.1, -0.05) is 103 Å². The van der Waals surface area contributed by atoms with E-state index in [0.29, 0.717) is 0 Å². The average Bonchev–Trinajstić information content (AvgIpc) is 2.69. The lowest BCUT2D eigenvalue weighted by Crippen LogP contribution is -2.37. The summed E-state index contributed by atoms with van der Waals surface area (Å²) in [6.07, 6.45) is 5.46. The monoisotopic (exact) mass is 327 g/mol. The third-order valence-corrected chi connectivity index (χ3v) is 4.71. The molecule has 1 N–H and O–H groups in total. The molecule has 0 saturated heterocycles. The Morgan fingerprint density at radius 2 is 1.20 bits per heavy atom. The lowest BCUT2D eigenvalue weighted by atomic mass is 9.71. The summed E-state index contributed by atoms with van der Waals surface area (Å²) < 4.78 is 0. The highest BCUT2D eigenvalue weighted by Gasteiger charge is 2.32. The molecule has 0 aliphatic carbocycles. The van der Waals surface area contributed by atoms with Gasteiger partial charge in [-0.25, -0.2) is 0 Å². The molecule has 0 aliphatic heterocycles. The molecule has 0 heterocycles. The minimum atomic E-state index is -0.0808. The molecule has 0 aromatic heterocycles. The van der Waals surface area contributed by atoms with Crippen molar-refractivity contribution in [2.45, 2.75) is 11.8 Å². The fourth-order valence-electron chi connectivity index (χ4n) is 3.46. The van der Waals surface area contributed by atoms with E-state index in [-0.39, 0.29) is 5.41 Å². The summed E-state index contributed by atoms with van der Waals surface area (Å²) in [4.78, 5) is 0. The van der Waals surface area contributed by atoms with E-state index >= 15 is 0 Å². The van der Waals surface area contributed by atoms with E-state index in [4.69, 9.17) is 0 Å². The van der Waals surface area contributed by atoms with Crippen molar-refractivity contribution < 1.29 is 0 Å². The molecule has 0 radical (unpaired) electrons. The molecular weight excluding hydrogens is 302 g/mol. The Bertz CT molecular complexity index is 737. The molecular formula is C24H25N. The van der Waals surface area contributed by atoms with E-state index in [1.54, 1.807) is 0 Å². The summed E-state index contributed by atoms with van der Waals surface area (Å²) in [5.41, 5.74) is 3.84. The topological polar surface area (TPSA) is 12.0 Å². The van der Waals surface area contributed by atoms with Crippen LogP contribution >= 0.6 is 0 Å². The summed E-state index contributed by atoms with van der Waals surface area (Å²) in [6.45, 7) is 0.889. The number of rotatable bonds is 7. The molecule has 0 amide bonds. The van der Waals surface area contributed by atoms with Gasteiger partial charge in [-0.2, -0.15) is 0 Å². The van der Waals surface area contributed by atoms with Gasteiger partial charge in [-0.15, -0.1) is 0 Å². The number of allylic oxidation sites excluding steroid dienone is 1. The summed E-state index contributed by atoms with van der Waals surface area (Å²) in [7, 11) is 2.03. The second kappa shape index (κ2) is 8.46. The molecule has 3 aromatic rings. The molecule has 0 unspecified atom stereocenters. The first-order chi connectivity index (χ1) is 12.3. The van der Waals surface area contributed by atoms with Gasteiger partial charge in [0.2, 0.25) is 0 Å². The van der Waals surface area contributed by atoms with Crippen LogP contribution < -0.4 is 5.32 Å². The van der Waals surface area contributed by atoms with Crippen LogP contribution in [-0.2, 0) is 5.41 Å². The standard InChI is InChI=1S/C24H25N/c1-25-20-24(22-15-7-3-8-16-22,23-17-9-4-10-18-23)19-11-14-21-12-5-2-6-13-21/h2-18,25H,19-20H2,1H3/b14-11-. The van der Waals surface area contributed by atoms with E-state index in [1.165, 1.54) is 16.7 Å². The highest BCUT2D eigenvalue weighted by molar-refractivity contribution is 5.50. The first kappa shape index (κ1) is 17.2. The fraction of sp³-hybridized carbons (Fsp3) is 0.167. The van der Waals surface area contributed by atoms with Crippen molar-refractivity contribution in [2.24, 2.45) is 0 Å². The lowest BCUT2D eigenvalue weighted by Gasteiger charge is -2.34. The minimum absolute atomic E-state index is 0.0808. The Balaban J connectivity index is 2.00. The van der Waals surface area contributed by atoms with Crippen molar-refractivity contribution in [1.82, 2.24) is 5.32 Å². The molecule has 0 saturated carbocycles. The Morgan fingerprint density at radius 1 is 0.720 bits per heavy atom. The second-order valence-corrected chi connectivity index (χ2v) is 6.36. The Labute approximate surface area is 151 Å². The maximum absolute atomic E-state index is 3.42. The van der Waals surface area contributed by atoms with E-state index in [1.807, 2.05) is 7.05 Å². The predicted molar refractivity (Wildman–Crippen MR) is 108 cm³/mol. The normalized spacial score (nSPS) is 11.7. The highest BCUT2D eigenvalue weighted by atomic mass is 14.8. The molecule has 25 heavy (non-hydrogen) atoms. The van der Waals surface area contributed by atoms with Crippen LogP contribution in [0.15, 0.2) is 97.1 Å². The van der Waals surface area contributed by atoms with Crippen LogP contribution in [0.2, 0.25) is 0 Å². The Hall–Kier alpha value is -2.64. The van der Waals surface area contributed by atoms with Gasteiger partial charge in [0.1, 0.15) is 0 Å².